The van der Waals surface area contributed by atoms with Gasteiger partial charge in [-0.2, -0.15) is 0 Å². The Bertz CT molecular complexity index is 832. The highest BCUT2D eigenvalue weighted by molar-refractivity contribution is 9.11. The number of alkyl halides is 1. The highest BCUT2D eigenvalue weighted by Gasteiger charge is 2.49. The smallest absolute Gasteiger partial charge is 0.262 e. The molecule has 1 aliphatic heterocycles. The van der Waals surface area contributed by atoms with E-state index in [0.717, 1.165) is 10.6 Å². The lowest BCUT2D eigenvalue weighted by Gasteiger charge is -2.44. The summed E-state index contributed by atoms with van der Waals surface area (Å²) in [6.07, 6.45) is 0.137. The minimum atomic E-state index is -0.857. The minimum Gasteiger partial charge on any atom is -0.506 e. The standard InChI is InChI=1S/C17H13Br2ClN2O3/c18-10-7-11(16(24)12(19)8-10)15-14(20)17(25)22(15)21-13(23)6-9-4-2-1-3-5-9/h1-5,7-8,14-15,24H,6H2,(H,21,23)/t14-,15+/m1/s1. The van der Waals surface area contributed by atoms with E-state index >= 15 is 0 Å². The van der Waals surface area contributed by atoms with Crippen molar-refractivity contribution in [1.29, 1.82) is 0 Å². The maximum absolute atomic E-state index is 12.2. The summed E-state index contributed by atoms with van der Waals surface area (Å²) in [4.78, 5) is 24.3. The average molecular weight is 489 g/mol. The predicted molar refractivity (Wildman–Crippen MR) is 101 cm³/mol. The van der Waals surface area contributed by atoms with Gasteiger partial charge in [0, 0.05) is 10.0 Å². The number of rotatable bonds is 4. The zero-order valence-electron chi connectivity index (χ0n) is 12.7. The van der Waals surface area contributed by atoms with Crippen LogP contribution >= 0.6 is 43.5 Å². The van der Waals surface area contributed by atoms with Crippen LogP contribution in [0.5, 0.6) is 5.75 Å². The minimum absolute atomic E-state index is 0.0198. The molecular formula is C17H13Br2ClN2O3. The van der Waals surface area contributed by atoms with E-state index in [9.17, 15) is 14.7 Å². The van der Waals surface area contributed by atoms with Gasteiger partial charge < -0.3 is 5.11 Å². The van der Waals surface area contributed by atoms with Crippen LogP contribution < -0.4 is 5.43 Å². The molecule has 1 aliphatic rings. The quantitative estimate of drug-likeness (QED) is 0.510. The molecule has 2 amide bonds. The van der Waals surface area contributed by atoms with E-state index in [4.69, 9.17) is 11.6 Å². The third-order valence-corrected chi connectivity index (χ3v) is 5.35. The number of nitrogens with zero attached hydrogens (tertiary/aromatic N) is 1. The number of halogens is 3. The lowest BCUT2D eigenvalue weighted by molar-refractivity contribution is -0.156. The molecule has 2 aromatic carbocycles. The van der Waals surface area contributed by atoms with Crippen molar-refractivity contribution < 1.29 is 14.7 Å². The van der Waals surface area contributed by atoms with E-state index in [2.05, 4.69) is 37.3 Å². The number of carbonyl (C=O) groups is 2. The van der Waals surface area contributed by atoms with Crippen LogP contribution in [0.15, 0.2) is 51.4 Å². The van der Waals surface area contributed by atoms with Crippen molar-refractivity contribution in [2.45, 2.75) is 17.8 Å². The van der Waals surface area contributed by atoms with E-state index in [-0.39, 0.29) is 18.1 Å². The van der Waals surface area contributed by atoms with Crippen LogP contribution in [0.1, 0.15) is 17.2 Å². The van der Waals surface area contributed by atoms with E-state index in [0.29, 0.717) is 14.5 Å². The number of aromatic hydroxyl groups is 1. The molecular weight excluding hydrogens is 475 g/mol. The molecule has 0 bridgehead atoms. The molecule has 8 heteroatoms. The Morgan fingerprint density at radius 1 is 1.24 bits per heavy atom. The van der Waals surface area contributed by atoms with Crippen LogP contribution in [0.25, 0.3) is 0 Å². The third-order valence-electron chi connectivity index (χ3n) is 3.86. The first-order chi connectivity index (χ1) is 11.9. The van der Waals surface area contributed by atoms with Crippen molar-refractivity contribution in [3.8, 4) is 5.75 Å². The fraction of sp³-hybridized carbons (Fsp3) is 0.176. The Balaban J connectivity index is 1.79. The van der Waals surface area contributed by atoms with E-state index in [1.165, 1.54) is 0 Å². The summed E-state index contributed by atoms with van der Waals surface area (Å²) in [5.74, 6) is -0.765. The van der Waals surface area contributed by atoms with Gasteiger partial charge in [0.1, 0.15) is 17.2 Å². The normalized spacial score (nSPS) is 19.5. The molecule has 3 rings (SSSR count). The average Bonchev–Trinajstić information content (AvgIpc) is 2.59. The molecule has 0 aliphatic carbocycles. The lowest BCUT2D eigenvalue weighted by Crippen LogP contribution is -2.63. The van der Waals surface area contributed by atoms with Crippen LogP contribution in [0, 0.1) is 0 Å². The second kappa shape index (κ2) is 7.35. The molecule has 2 atom stereocenters. The van der Waals surface area contributed by atoms with Crippen LogP contribution in [0.3, 0.4) is 0 Å². The largest absolute Gasteiger partial charge is 0.506 e. The van der Waals surface area contributed by atoms with Crippen molar-refractivity contribution in [3.05, 3.63) is 62.5 Å². The molecule has 0 radical (unpaired) electrons. The first kappa shape index (κ1) is 18.2. The van der Waals surface area contributed by atoms with Gasteiger partial charge in [0.2, 0.25) is 5.91 Å². The van der Waals surface area contributed by atoms with Gasteiger partial charge in [-0.05, 0) is 33.6 Å². The number of carbonyl (C=O) groups excluding carboxylic acids is 2. The zero-order valence-corrected chi connectivity index (χ0v) is 16.7. The fourth-order valence-corrected chi connectivity index (χ4v) is 4.25. The molecule has 1 saturated heterocycles. The van der Waals surface area contributed by atoms with Gasteiger partial charge in [0.25, 0.3) is 5.91 Å². The number of nitrogens with one attached hydrogen (secondary N) is 1. The molecule has 1 fully saturated rings. The van der Waals surface area contributed by atoms with Crippen LogP contribution in [0.2, 0.25) is 0 Å². The first-order valence-corrected chi connectivity index (χ1v) is 9.39. The molecule has 5 nitrogen and oxygen atoms in total. The topological polar surface area (TPSA) is 69.6 Å². The summed E-state index contributed by atoms with van der Waals surface area (Å²) in [5.41, 5.74) is 3.86. The molecule has 0 spiro atoms. The van der Waals surface area contributed by atoms with Gasteiger partial charge in [-0.25, -0.2) is 5.01 Å². The second-order valence-electron chi connectivity index (χ2n) is 5.58. The molecule has 1 heterocycles. The Kier molecular flexibility index (Phi) is 5.36. The number of hydrazine groups is 1. The van der Waals surface area contributed by atoms with Crippen molar-refractivity contribution in [2.24, 2.45) is 0 Å². The Labute approximate surface area is 166 Å². The van der Waals surface area contributed by atoms with Gasteiger partial charge in [-0.15, -0.1) is 11.6 Å². The molecule has 0 unspecified atom stereocenters. The van der Waals surface area contributed by atoms with Crippen molar-refractivity contribution in [1.82, 2.24) is 10.4 Å². The second-order valence-corrected chi connectivity index (χ2v) is 7.82. The number of β-lactam (4-membered cyclic amide) rings is 1. The molecule has 2 N–H and O–H groups in total. The summed E-state index contributed by atoms with van der Waals surface area (Å²) >= 11 is 12.7. The Hall–Kier alpha value is -1.57. The summed E-state index contributed by atoms with van der Waals surface area (Å²) < 4.78 is 1.18. The number of hydrogen-bond donors (Lipinski definition) is 2. The SMILES string of the molecule is O=C(Cc1ccccc1)NN1C(=O)[C@H](Cl)[C@@H]1c1cc(Br)cc(Br)c1O. The highest BCUT2D eigenvalue weighted by Crippen LogP contribution is 2.44. The Morgan fingerprint density at radius 2 is 1.92 bits per heavy atom. The molecule has 130 valence electrons. The van der Waals surface area contributed by atoms with Crippen LogP contribution in [0.4, 0.5) is 0 Å². The summed E-state index contributed by atoms with van der Waals surface area (Å²) in [6, 6.07) is 11.9. The van der Waals surface area contributed by atoms with Crippen LogP contribution in [-0.2, 0) is 16.0 Å². The summed E-state index contributed by atoms with van der Waals surface area (Å²) in [6.45, 7) is 0. The third kappa shape index (κ3) is 3.68. The molecule has 0 aromatic heterocycles. The number of phenols is 1. The number of amides is 2. The first-order valence-electron chi connectivity index (χ1n) is 7.37. The van der Waals surface area contributed by atoms with Crippen LogP contribution in [-0.4, -0.2) is 27.3 Å². The van der Waals surface area contributed by atoms with Gasteiger partial charge >= 0.3 is 0 Å². The lowest BCUT2D eigenvalue weighted by atomic mass is 9.94. The monoisotopic (exact) mass is 486 g/mol. The van der Waals surface area contributed by atoms with Crippen molar-refractivity contribution >= 4 is 55.3 Å². The maximum atomic E-state index is 12.2. The van der Waals surface area contributed by atoms with E-state index in [1.54, 1.807) is 12.1 Å². The fourth-order valence-electron chi connectivity index (χ4n) is 2.64. The molecule has 2 aromatic rings. The number of hydrogen-bond acceptors (Lipinski definition) is 3. The highest BCUT2D eigenvalue weighted by atomic mass is 79.9. The predicted octanol–water partition coefficient (Wildman–Crippen LogP) is 3.68. The van der Waals surface area contributed by atoms with Crippen molar-refractivity contribution in [2.75, 3.05) is 0 Å². The summed E-state index contributed by atoms with van der Waals surface area (Å²) in [7, 11) is 0. The van der Waals surface area contributed by atoms with Gasteiger partial charge in [0.05, 0.1) is 10.9 Å². The van der Waals surface area contributed by atoms with Crippen molar-refractivity contribution in [3.63, 3.8) is 0 Å². The maximum Gasteiger partial charge on any atom is 0.262 e. The summed E-state index contributed by atoms with van der Waals surface area (Å²) in [5, 5.41) is 10.6. The number of phenolic OH excluding ortho intramolecular Hbond substituents is 1. The van der Waals surface area contributed by atoms with Gasteiger partial charge in [0.15, 0.2) is 0 Å². The van der Waals surface area contributed by atoms with E-state index in [1.807, 2.05) is 30.3 Å². The Morgan fingerprint density at radius 3 is 2.60 bits per heavy atom. The zero-order chi connectivity index (χ0) is 18.1. The van der Waals surface area contributed by atoms with Gasteiger partial charge in [-0.1, -0.05) is 46.3 Å². The van der Waals surface area contributed by atoms with Gasteiger partial charge in [-0.3, -0.25) is 15.0 Å². The molecule has 25 heavy (non-hydrogen) atoms. The number of benzene rings is 2. The van der Waals surface area contributed by atoms with E-state index < -0.39 is 17.3 Å². The molecule has 0 saturated carbocycles.